The second kappa shape index (κ2) is 19.1. The fourth-order valence-electron chi connectivity index (χ4n) is 7.00. The lowest BCUT2D eigenvalue weighted by atomic mass is 9.91. The molecule has 2 heterocycles. The summed E-state index contributed by atoms with van der Waals surface area (Å²) in [6.07, 6.45) is 0.977. The molecule has 11 heteroatoms. The summed E-state index contributed by atoms with van der Waals surface area (Å²) in [5.74, 6) is 0.306. The Labute approximate surface area is 344 Å². The molecule has 0 spiro atoms. The van der Waals surface area contributed by atoms with Gasteiger partial charge in [0.05, 0.1) is 28.7 Å². The lowest BCUT2D eigenvalue weighted by Crippen LogP contribution is -2.47. The van der Waals surface area contributed by atoms with E-state index >= 15 is 0 Å². The minimum Gasteiger partial charge on any atom is -0.392 e. The van der Waals surface area contributed by atoms with Crippen molar-refractivity contribution in [3.8, 4) is 11.1 Å². The van der Waals surface area contributed by atoms with Gasteiger partial charge in [-0.2, -0.15) is 4.72 Å². The fourth-order valence-corrected chi connectivity index (χ4v) is 9.22. The number of ether oxygens (including phenoxy) is 2. The van der Waals surface area contributed by atoms with Crippen LogP contribution in [0.1, 0.15) is 52.7 Å². The van der Waals surface area contributed by atoms with Crippen LogP contribution in [0.3, 0.4) is 0 Å². The van der Waals surface area contributed by atoms with Gasteiger partial charge in [0.25, 0.3) is 0 Å². The molecule has 1 saturated heterocycles. The molecule has 6 aromatic rings. The van der Waals surface area contributed by atoms with Gasteiger partial charge in [-0.15, -0.1) is 11.8 Å². The van der Waals surface area contributed by atoms with Gasteiger partial charge in [0.1, 0.15) is 6.04 Å². The molecule has 1 aliphatic rings. The lowest BCUT2D eigenvalue weighted by Gasteiger charge is -2.41. The number of sulfonamides is 1. The molecule has 3 N–H and O–H groups in total. The number of aryl methyl sites for hydroxylation is 1. The third-order valence-corrected chi connectivity index (χ3v) is 12.9. The van der Waals surface area contributed by atoms with Crippen LogP contribution in [0.5, 0.6) is 0 Å². The quantitative estimate of drug-likeness (QED) is 0.0884. The summed E-state index contributed by atoms with van der Waals surface area (Å²) in [4.78, 5) is 18.4. The fraction of sp³-hybridized carbons (Fsp3) is 0.234. The number of nitrogens with zero attached hydrogens (tertiary/aromatic N) is 1. The van der Waals surface area contributed by atoms with Gasteiger partial charge in [0, 0.05) is 30.0 Å². The highest BCUT2D eigenvalue weighted by Gasteiger charge is 2.38. The summed E-state index contributed by atoms with van der Waals surface area (Å²) in [6, 6.07) is 44.5. The Bertz CT molecular complexity index is 2360. The predicted octanol–water partition coefficient (Wildman–Crippen LogP) is 8.34. The molecule has 0 radical (unpaired) electrons. The van der Waals surface area contributed by atoms with E-state index in [9.17, 15) is 18.3 Å². The van der Waals surface area contributed by atoms with Crippen molar-refractivity contribution in [3.05, 3.63) is 185 Å². The number of carbonyl (C=O) groups is 1. The number of nitrogens with one attached hydrogen (secondary N) is 2. The van der Waals surface area contributed by atoms with Gasteiger partial charge in [0.15, 0.2) is 6.29 Å². The summed E-state index contributed by atoms with van der Waals surface area (Å²) in [5.41, 5.74) is 7.25. The van der Waals surface area contributed by atoms with E-state index in [0.717, 1.165) is 49.5 Å². The number of aliphatic hydroxyl groups is 1. The van der Waals surface area contributed by atoms with Crippen LogP contribution >= 0.6 is 11.8 Å². The molecule has 5 unspecified atom stereocenters. The van der Waals surface area contributed by atoms with E-state index in [-0.39, 0.29) is 42.6 Å². The van der Waals surface area contributed by atoms with Crippen LogP contribution in [-0.4, -0.2) is 42.3 Å². The van der Waals surface area contributed by atoms with E-state index in [4.69, 9.17) is 9.47 Å². The first-order valence-corrected chi connectivity index (χ1v) is 21.8. The van der Waals surface area contributed by atoms with Crippen molar-refractivity contribution in [1.29, 1.82) is 0 Å². The molecule has 5 atom stereocenters. The number of amides is 1. The van der Waals surface area contributed by atoms with E-state index in [1.54, 1.807) is 42.2 Å². The Balaban J connectivity index is 1.08. The second-order valence-electron chi connectivity index (χ2n) is 14.5. The number of pyridine rings is 1. The third-order valence-electron chi connectivity index (χ3n) is 10.3. The maximum Gasteiger partial charge on any atom is 0.241 e. The molecule has 58 heavy (non-hydrogen) atoms. The van der Waals surface area contributed by atoms with Crippen LogP contribution in [0.2, 0.25) is 0 Å². The number of hydrogen-bond acceptors (Lipinski definition) is 8. The number of carbonyl (C=O) groups excluding carboxylic acids is 1. The molecular weight excluding hydrogens is 767 g/mol. The van der Waals surface area contributed by atoms with E-state index in [1.165, 1.54) is 0 Å². The van der Waals surface area contributed by atoms with Crippen LogP contribution in [-0.2, 0) is 43.9 Å². The zero-order valence-corrected chi connectivity index (χ0v) is 34.0. The molecule has 9 nitrogen and oxygen atoms in total. The molecule has 1 fully saturated rings. The smallest absolute Gasteiger partial charge is 0.241 e. The number of rotatable bonds is 15. The molecule has 1 aliphatic heterocycles. The molecule has 0 aliphatic carbocycles. The van der Waals surface area contributed by atoms with E-state index in [1.807, 2.05) is 128 Å². The van der Waals surface area contributed by atoms with Crippen LogP contribution in [0.25, 0.3) is 11.1 Å². The number of aliphatic hydroxyl groups excluding tert-OH is 1. The standard InChI is InChI=1S/C47H47N3O6S2/c1-32-15-25-40(26-16-32)58(53,54)50-42(28-34-10-4-3-5-11-34)46(52)49-29-39-12-6-7-13-41(39)36-21-23-38(24-22-36)47-55-43(31-57-44-14-8-9-27-48-44)33(2)45(56-47)37-19-17-35(30-51)18-20-37/h3-27,33,42-43,45,47,50-51H,28-31H2,1-2H3,(H,49,52). The molecule has 7 rings (SSSR count). The lowest BCUT2D eigenvalue weighted by molar-refractivity contribution is -0.268. The van der Waals surface area contributed by atoms with Crippen molar-refractivity contribution in [1.82, 2.24) is 15.0 Å². The topological polar surface area (TPSA) is 127 Å². The van der Waals surface area contributed by atoms with E-state index in [0.29, 0.717) is 5.75 Å². The highest BCUT2D eigenvalue weighted by atomic mass is 32.2. The first kappa shape index (κ1) is 41.0. The number of aromatic nitrogens is 1. The molecule has 5 aromatic carbocycles. The van der Waals surface area contributed by atoms with Crippen LogP contribution < -0.4 is 10.0 Å². The zero-order chi connectivity index (χ0) is 40.5. The third kappa shape index (κ3) is 10.3. The van der Waals surface area contributed by atoms with Crippen molar-refractivity contribution < 1.29 is 27.8 Å². The van der Waals surface area contributed by atoms with Crippen LogP contribution in [0.4, 0.5) is 0 Å². The van der Waals surface area contributed by atoms with E-state index in [2.05, 4.69) is 21.9 Å². The molecule has 0 bridgehead atoms. The minimum atomic E-state index is -3.98. The SMILES string of the molecule is Cc1ccc(S(=O)(=O)NC(Cc2ccccc2)C(=O)NCc2ccccc2-c2ccc(C3OC(CSc4ccccn4)C(C)C(c4ccc(CO)cc4)O3)cc2)cc1. The van der Waals surface area contributed by atoms with Gasteiger partial charge in [-0.3, -0.25) is 4.79 Å². The van der Waals surface area contributed by atoms with Gasteiger partial charge < -0.3 is 19.9 Å². The Kier molecular flexibility index (Phi) is 13.5. The largest absolute Gasteiger partial charge is 0.392 e. The number of hydrogen-bond donors (Lipinski definition) is 3. The zero-order valence-electron chi connectivity index (χ0n) is 32.4. The van der Waals surface area contributed by atoms with E-state index < -0.39 is 28.3 Å². The minimum absolute atomic E-state index is 0.0247. The second-order valence-corrected chi connectivity index (χ2v) is 17.2. The Morgan fingerprint density at radius 1 is 0.793 bits per heavy atom. The van der Waals surface area contributed by atoms with Crippen molar-refractivity contribution >= 4 is 27.7 Å². The van der Waals surface area contributed by atoms with Crippen LogP contribution in [0, 0.1) is 12.8 Å². The first-order chi connectivity index (χ1) is 28.2. The summed E-state index contributed by atoms with van der Waals surface area (Å²) in [5, 5.41) is 13.6. The van der Waals surface area contributed by atoms with Gasteiger partial charge in [-0.1, -0.05) is 134 Å². The molecule has 1 amide bonds. The van der Waals surface area contributed by atoms with Gasteiger partial charge >= 0.3 is 0 Å². The normalized spacial score (nSPS) is 18.7. The van der Waals surface area contributed by atoms with Crippen molar-refractivity contribution in [2.45, 2.75) is 67.9 Å². The van der Waals surface area contributed by atoms with Gasteiger partial charge in [-0.25, -0.2) is 13.4 Å². The Hall–Kier alpha value is -5.14. The number of thioether (sulfide) groups is 1. The monoisotopic (exact) mass is 813 g/mol. The summed E-state index contributed by atoms with van der Waals surface area (Å²) in [6.45, 7) is 4.20. The molecule has 298 valence electrons. The van der Waals surface area contributed by atoms with Crippen LogP contribution in [0.15, 0.2) is 162 Å². The van der Waals surface area contributed by atoms with Gasteiger partial charge in [-0.05, 0) is 71.0 Å². The van der Waals surface area contributed by atoms with Crippen molar-refractivity contribution in [3.63, 3.8) is 0 Å². The average Bonchev–Trinajstić information content (AvgIpc) is 3.26. The Morgan fingerprint density at radius 2 is 1.48 bits per heavy atom. The molecule has 1 aromatic heterocycles. The average molecular weight is 814 g/mol. The first-order valence-electron chi connectivity index (χ1n) is 19.3. The van der Waals surface area contributed by atoms with Crippen molar-refractivity contribution in [2.24, 2.45) is 5.92 Å². The summed E-state index contributed by atoms with van der Waals surface area (Å²) < 4.78 is 42.9. The molecular formula is C47H47N3O6S2. The maximum absolute atomic E-state index is 13.8. The highest BCUT2D eigenvalue weighted by molar-refractivity contribution is 7.99. The van der Waals surface area contributed by atoms with Crippen molar-refractivity contribution in [2.75, 3.05) is 5.75 Å². The summed E-state index contributed by atoms with van der Waals surface area (Å²) in [7, 11) is -3.98. The maximum atomic E-state index is 13.8. The van der Waals surface area contributed by atoms with Gasteiger partial charge in [0.2, 0.25) is 15.9 Å². The Morgan fingerprint density at radius 3 is 2.19 bits per heavy atom. The number of benzene rings is 5. The predicted molar refractivity (Wildman–Crippen MR) is 227 cm³/mol. The molecule has 0 saturated carbocycles. The highest BCUT2D eigenvalue weighted by Crippen LogP contribution is 2.43. The summed E-state index contributed by atoms with van der Waals surface area (Å²) >= 11 is 1.65.